The lowest BCUT2D eigenvalue weighted by atomic mass is 10.1. The van der Waals surface area contributed by atoms with Crippen LogP contribution in [0.15, 0.2) is 71.8 Å². The van der Waals surface area contributed by atoms with Gasteiger partial charge in [0.15, 0.2) is 11.6 Å². The Kier molecular flexibility index (Phi) is 15.1. The number of allylic oxidation sites excluding steroid dienone is 4. The molecule has 2 rings (SSSR count). The number of benzene rings is 2. The highest BCUT2D eigenvalue weighted by molar-refractivity contribution is 6.11. The molecule has 0 spiro atoms. The summed E-state index contributed by atoms with van der Waals surface area (Å²) in [7, 11) is 0. The molecule has 0 bridgehead atoms. The molecule has 0 fully saturated rings. The number of carbonyl (C=O) groups is 2. The lowest BCUT2D eigenvalue weighted by molar-refractivity contribution is -0.121. The third-order valence-electron chi connectivity index (χ3n) is 6.96. The van der Waals surface area contributed by atoms with Gasteiger partial charge in [0.25, 0.3) is 0 Å². The van der Waals surface area contributed by atoms with Crippen molar-refractivity contribution >= 4 is 35.1 Å². The van der Waals surface area contributed by atoms with E-state index in [-0.39, 0.29) is 18.0 Å². The quantitative estimate of drug-likeness (QED) is 0.0994. The van der Waals surface area contributed by atoms with Gasteiger partial charge in [0.1, 0.15) is 24.7 Å². The summed E-state index contributed by atoms with van der Waals surface area (Å²) in [6.07, 6.45) is 10.2. The Morgan fingerprint density at radius 3 is 1.33 bits per heavy atom. The van der Waals surface area contributed by atoms with Crippen LogP contribution in [0.25, 0.3) is 12.2 Å². The minimum Gasteiger partial charge on any atom is -0.489 e. The van der Waals surface area contributed by atoms with Gasteiger partial charge >= 0.3 is 0 Å². The zero-order valence-electron chi connectivity index (χ0n) is 27.4. The first-order chi connectivity index (χ1) is 20.6. The number of ketones is 2. The van der Waals surface area contributed by atoms with Crippen LogP contribution in [0.5, 0.6) is 11.5 Å². The fourth-order valence-corrected chi connectivity index (χ4v) is 4.39. The van der Waals surface area contributed by atoms with Gasteiger partial charge in [-0.3, -0.25) is 9.59 Å². The summed E-state index contributed by atoms with van der Waals surface area (Å²) in [5, 5.41) is 0. The lowest BCUT2D eigenvalue weighted by Crippen LogP contribution is -2.21. The maximum absolute atomic E-state index is 12.7. The van der Waals surface area contributed by atoms with Crippen LogP contribution in [0.3, 0.4) is 0 Å². The number of hydrogen-bond acceptors (Lipinski definition) is 6. The number of hydrogen-bond donors (Lipinski definition) is 0. The summed E-state index contributed by atoms with van der Waals surface area (Å²) < 4.78 is 12.1. The Hall–Kier alpha value is -4.06. The molecule has 0 N–H and O–H groups in total. The maximum atomic E-state index is 12.7. The van der Waals surface area contributed by atoms with Gasteiger partial charge in [0, 0.05) is 60.8 Å². The molecule has 6 nitrogen and oxygen atoms in total. The van der Waals surface area contributed by atoms with Gasteiger partial charge in [-0.1, -0.05) is 11.1 Å². The molecule has 0 unspecified atom stereocenters. The van der Waals surface area contributed by atoms with Crippen molar-refractivity contribution in [1.29, 1.82) is 0 Å². The van der Waals surface area contributed by atoms with Gasteiger partial charge in [0.2, 0.25) is 0 Å². The summed E-state index contributed by atoms with van der Waals surface area (Å²) in [5.41, 5.74) is 6.06. The molecule has 0 aliphatic heterocycles. The minimum absolute atomic E-state index is 0.218. The second kappa shape index (κ2) is 18.5. The van der Waals surface area contributed by atoms with Crippen molar-refractivity contribution in [2.75, 3.05) is 49.2 Å². The summed E-state index contributed by atoms with van der Waals surface area (Å²) in [4.78, 5) is 30.0. The Morgan fingerprint density at radius 1 is 0.628 bits per heavy atom. The normalized spacial score (nSPS) is 11.0. The molecule has 0 aliphatic rings. The maximum Gasteiger partial charge on any atom is 0.163 e. The van der Waals surface area contributed by atoms with Crippen molar-refractivity contribution in [2.45, 2.75) is 61.8 Å². The van der Waals surface area contributed by atoms with Gasteiger partial charge < -0.3 is 19.3 Å². The van der Waals surface area contributed by atoms with Crippen LogP contribution in [-0.2, 0) is 9.59 Å². The van der Waals surface area contributed by atoms with E-state index in [2.05, 4.69) is 37.5 Å². The first kappa shape index (κ1) is 35.1. The van der Waals surface area contributed by atoms with Gasteiger partial charge in [-0.2, -0.15) is 0 Å². The summed E-state index contributed by atoms with van der Waals surface area (Å²) in [5.74, 6) is 0.862. The standard InChI is InChI=1S/C37H50N2O4/c1-9-38(10-2)32-17-13-30(36(25-32)42-23-21-28(5)6)15-19-34(40)27-35(41)20-16-31-14-18-33(39(11-3)12-4)26-37(31)43-24-22-29(7)8/h13-22,25-26H,9-12,23-24,27H2,1-8H3. The third kappa shape index (κ3) is 12.0. The summed E-state index contributed by atoms with van der Waals surface area (Å²) in [6, 6.07) is 12.0. The molecule has 0 heterocycles. The van der Waals surface area contributed by atoms with Crippen LogP contribution >= 0.6 is 0 Å². The number of carbonyl (C=O) groups excluding carboxylic acids is 2. The predicted molar refractivity (Wildman–Crippen MR) is 183 cm³/mol. The molecule has 0 atom stereocenters. The zero-order valence-corrected chi connectivity index (χ0v) is 27.4. The number of nitrogens with zero attached hydrogens (tertiary/aromatic N) is 2. The van der Waals surface area contributed by atoms with Crippen LogP contribution in [0.1, 0.15) is 72.9 Å². The van der Waals surface area contributed by atoms with Crippen LogP contribution < -0.4 is 19.3 Å². The molecule has 0 saturated heterocycles. The van der Waals surface area contributed by atoms with Gasteiger partial charge in [-0.25, -0.2) is 0 Å². The summed E-state index contributed by atoms with van der Waals surface area (Å²) >= 11 is 0. The van der Waals surface area contributed by atoms with Crippen molar-refractivity contribution in [3.8, 4) is 11.5 Å². The molecule has 2 aromatic rings. The highest BCUT2D eigenvalue weighted by Crippen LogP contribution is 2.29. The Labute approximate surface area is 259 Å². The van der Waals surface area contributed by atoms with Gasteiger partial charge in [-0.05, 0) is 116 Å². The van der Waals surface area contributed by atoms with Crippen LogP contribution in [0.4, 0.5) is 11.4 Å². The number of rotatable bonds is 18. The van der Waals surface area contributed by atoms with Crippen molar-refractivity contribution < 1.29 is 19.1 Å². The zero-order chi connectivity index (χ0) is 31.8. The molecule has 2 aromatic carbocycles. The molecule has 0 aliphatic carbocycles. The molecular formula is C37H50N2O4. The molecule has 6 heteroatoms. The van der Waals surface area contributed by atoms with Crippen molar-refractivity contribution in [2.24, 2.45) is 0 Å². The molecule has 43 heavy (non-hydrogen) atoms. The van der Waals surface area contributed by atoms with Crippen molar-refractivity contribution in [3.05, 3.63) is 83.0 Å². The largest absolute Gasteiger partial charge is 0.489 e. The first-order valence-electron chi connectivity index (χ1n) is 15.3. The molecule has 0 saturated carbocycles. The second-order valence-electron chi connectivity index (χ2n) is 10.7. The van der Waals surface area contributed by atoms with E-state index in [1.165, 1.54) is 23.3 Å². The molecule has 0 radical (unpaired) electrons. The minimum atomic E-state index is -0.269. The second-order valence-corrected chi connectivity index (χ2v) is 10.7. The van der Waals surface area contributed by atoms with E-state index < -0.39 is 0 Å². The molecule has 0 amide bonds. The van der Waals surface area contributed by atoms with E-state index in [1.807, 2.05) is 76.2 Å². The monoisotopic (exact) mass is 586 g/mol. The smallest absolute Gasteiger partial charge is 0.163 e. The fourth-order valence-electron chi connectivity index (χ4n) is 4.39. The van der Waals surface area contributed by atoms with E-state index >= 15 is 0 Å². The SMILES string of the molecule is CCN(CC)c1ccc(C=CC(=O)CC(=O)C=Cc2ccc(N(CC)CC)cc2OCC=C(C)C)c(OCC=C(C)C)c1. The average Bonchev–Trinajstić information content (AvgIpc) is 2.97. The topological polar surface area (TPSA) is 59.1 Å². The third-order valence-corrected chi connectivity index (χ3v) is 6.96. The van der Waals surface area contributed by atoms with E-state index in [0.29, 0.717) is 24.7 Å². The Balaban J connectivity index is 2.19. The van der Waals surface area contributed by atoms with Crippen LogP contribution in [0.2, 0.25) is 0 Å². The molecule has 232 valence electrons. The van der Waals surface area contributed by atoms with E-state index in [0.717, 1.165) is 48.7 Å². The highest BCUT2D eigenvalue weighted by Gasteiger charge is 2.11. The average molecular weight is 587 g/mol. The van der Waals surface area contributed by atoms with E-state index in [4.69, 9.17) is 9.47 Å². The Morgan fingerprint density at radius 2 is 1.00 bits per heavy atom. The first-order valence-corrected chi connectivity index (χ1v) is 15.3. The van der Waals surface area contributed by atoms with E-state index in [9.17, 15) is 9.59 Å². The summed E-state index contributed by atoms with van der Waals surface area (Å²) in [6.45, 7) is 21.0. The lowest BCUT2D eigenvalue weighted by Gasteiger charge is -2.22. The fraction of sp³-hybridized carbons (Fsp3) is 0.405. The molecular weight excluding hydrogens is 536 g/mol. The number of anilines is 2. The molecule has 0 aromatic heterocycles. The highest BCUT2D eigenvalue weighted by atomic mass is 16.5. The van der Waals surface area contributed by atoms with Gasteiger partial charge in [0.05, 0.1) is 6.42 Å². The number of ether oxygens (including phenoxy) is 2. The van der Waals surface area contributed by atoms with Crippen LogP contribution in [-0.4, -0.2) is 51.0 Å². The van der Waals surface area contributed by atoms with E-state index in [1.54, 1.807) is 12.2 Å². The van der Waals surface area contributed by atoms with Crippen LogP contribution in [0, 0.1) is 0 Å². The van der Waals surface area contributed by atoms with Gasteiger partial charge in [-0.15, -0.1) is 0 Å². The van der Waals surface area contributed by atoms with Crippen molar-refractivity contribution in [3.63, 3.8) is 0 Å². The van der Waals surface area contributed by atoms with Crippen molar-refractivity contribution in [1.82, 2.24) is 0 Å². The predicted octanol–water partition coefficient (Wildman–Crippen LogP) is 8.32. The Bertz CT molecular complexity index is 1220.